The topological polar surface area (TPSA) is 137 Å². The molecule has 0 bridgehead atoms. The second-order valence-corrected chi connectivity index (χ2v) is 10.5. The van der Waals surface area contributed by atoms with Crippen LogP contribution in [0, 0.1) is 0 Å². The van der Waals surface area contributed by atoms with Gasteiger partial charge in [-0.15, -0.1) is 0 Å². The van der Waals surface area contributed by atoms with Crippen LogP contribution < -0.4 is 10.6 Å². The minimum Gasteiger partial charge on any atom is -0.462 e. The van der Waals surface area contributed by atoms with Crippen LogP contribution in [0.3, 0.4) is 0 Å². The molecule has 34 heavy (non-hydrogen) atoms. The maximum absolute atomic E-state index is 13.1. The third-order valence-electron chi connectivity index (χ3n) is 5.87. The number of carbonyl (C=O) groups is 1. The van der Waals surface area contributed by atoms with Gasteiger partial charge in [-0.3, -0.25) is 0 Å². The van der Waals surface area contributed by atoms with Gasteiger partial charge in [0.1, 0.15) is 11.8 Å². The highest BCUT2D eigenvalue weighted by atomic mass is 32.2. The summed E-state index contributed by atoms with van der Waals surface area (Å²) in [4.78, 5) is 27.6. The van der Waals surface area contributed by atoms with Crippen molar-refractivity contribution < 1.29 is 17.9 Å². The minimum absolute atomic E-state index is 0.0624. The number of nitrogens with zero attached hydrogens (tertiary/aromatic N) is 6. The number of esters is 1. The molecule has 1 saturated heterocycles. The molecule has 2 N–H and O–H groups in total. The molecule has 1 aliphatic rings. The van der Waals surface area contributed by atoms with E-state index in [1.165, 1.54) is 26.5 Å². The third kappa shape index (κ3) is 4.82. The number of benzene rings is 1. The molecule has 182 valence electrons. The van der Waals surface area contributed by atoms with E-state index in [1.807, 2.05) is 4.57 Å². The molecule has 12 heteroatoms. The van der Waals surface area contributed by atoms with Crippen LogP contribution in [0.25, 0.3) is 11.2 Å². The Hall–Kier alpha value is -3.25. The number of fused-ring (bicyclic) bond motifs is 1. The first kappa shape index (κ1) is 23.9. The third-order valence-corrected chi connectivity index (χ3v) is 7.68. The van der Waals surface area contributed by atoms with Crippen molar-refractivity contribution in [2.45, 2.75) is 37.1 Å². The van der Waals surface area contributed by atoms with E-state index in [0.29, 0.717) is 35.6 Å². The van der Waals surface area contributed by atoms with Gasteiger partial charge in [0.05, 0.1) is 29.1 Å². The van der Waals surface area contributed by atoms with Gasteiger partial charge in [-0.05, 0) is 43.9 Å². The van der Waals surface area contributed by atoms with E-state index in [1.54, 1.807) is 18.5 Å². The van der Waals surface area contributed by atoms with Crippen LogP contribution in [-0.4, -0.2) is 72.0 Å². The fourth-order valence-corrected chi connectivity index (χ4v) is 4.93. The van der Waals surface area contributed by atoms with Crippen LogP contribution in [0.15, 0.2) is 35.7 Å². The molecule has 0 amide bonds. The van der Waals surface area contributed by atoms with Crippen molar-refractivity contribution in [2.24, 2.45) is 0 Å². The van der Waals surface area contributed by atoms with Crippen molar-refractivity contribution in [3.63, 3.8) is 0 Å². The number of rotatable bonds is 8. The molecular weight excluding hydrogens is 458 g/mol. The van der Waals surface area contributed by atoms with Crippen molar-refractivity contribution in [1.82, 2.24) is 23.8 Å². The zero-order valence-electron chi connectivity index (χ0n) is 19.3. The molecule has 0 atom stereocenters. The predicted molar refractivity (Wildman–Crippen MR) is 128 cm³/mol. The zero-order valence-corrected chi connectivity index (χ0v) is 20.2. The zero-order chi connectivity index (χ0) is 24.3. The first-order chi connectivity index (χ1) is 16.3. The number of hydrogen-bond donors (Lipinski definition) is 1. The number of piperidine rings is 1. The summed E-state index contributed by atoms with van der Waals surface area (Å²) in [5, 5.41) is 0. The molecule has 0 radical (unpaired) electrons. The maximum Gasteiger partial charge on any atom is 0.340 e. The van der Waals surface area contributed by atoms with Crippen molar-refractivity contribution in [2.75, 3.05) is 44.4 Å². The van der Waals surface area contributed by atoms with Gasteiger partial charge >= 0.3 is 5.97 Å². The summed E-state index contributed by atoms with van der Waals surface area (Å²) in [7, 11) is -0.760. The number of aromatic nitrogens is 4. The lowest BCUT2D eigenvalue weighted by molar-refractivity contribution is 0.0496. The van der Waals surface area contributed by atoms with Gasteiger partial charge in [-0.1, -0.05) is 0 Å². The Morgan fingerprint density at radius 1 is 1.15 bits per heavy atom. The Labute approximate surface area is 198 Å². The molecule has 3 heterocycles. The molecule has 0 unspecified atom stereocenters. The quantitative estimate of drug-likeness (QED) is 0.373. The number of hydrogen-bond acceptors (Lipinski definition) is 9. The number of aryl methyl sites for hydroxylation is 1. The largest absolute Gasteiger partial charge is 0.462 e. The van der Waals surface area contributed by atoms with Gasteiger partial charge < -0.3 is 19.9 Å². The van der Waals surface area contributed by atoms with E-state index < -0.39 is 16.0 Å². The number of carbonyl (C=O) groups excluding carboxylic acids is 1. The lowest BCUT2D eigenvalue weighted by Crippen LogP contribution is -2.31. The highest BCUT2D eigenvalue weighted by Crippen LogP contribution is 2.28. The molecule has 0 aliphatic carbocycles. The molecule has 0 spiro atoms. The molecule has 1 aliphatic heterocycles. The van der Waals surface area contributed by atoms with Crippen LogP contribution >= 0.6 is 0 Å². The first-order valence-electron chi connectivity index (χ1n) is 11.2. The molecule has 4 rings (SSSR count). The number of nitrogens with two attached hydrogens (primary N) is 1. The van der Waals surface area contributed by atoms with Crippen molar-refractivity contribution in [3.8, 4) is 0 Å². The van der Waals surface area contributed by atoms with E-state index in [4.69, 9.17) is 10.5 Å². The predicted octanol–water partition coefficient (Wildman–Crippen LogP) is 1.90. The van der Waals surface area contributed by atoms with E-state index in [0.717, 1.165) is 36.7 Å². The minimum atomic E-state index is -3.69. The molecule has 11 nitrogen and oxygen atoms in total. The lowest BCUT2D eigenvalue weighted by atomic mass is 10.1. The molecule has 3 aromatic rings. The Morgan fingerprint density at radius 3 is 2.65 bits per heavy atom. The van der Waals surface area contributed by atoms with Crippen LogP contribution in [0.4, 0.5) is 11.5 Å². The average molecular weight is 488 g/mol. The summed E-state index contributed by atoms with van der Waals surface area (Å²) in [6, 6.07) is 4.68. The summed E-state index contributed by atoms with van der Waals surface area (Å²) >= 11 is 0. The average Bonchev–Trinajstić information content (AvgIpc) is 3.26. The molecule has 2 aromatic heterocycles. The lowest BCUT2D eigenvalue weighted by Gasteiger charge is -2.30. The summed E-state index contributed by atoms with van der Waals surface area (Å²) in [6.07, 6.45) is 6.73. The van der Waals surface area contributed by atoms with Crippen LogP contribution in [-0.2, 0) is 21.3 Å². The Morgan fingerprint density at radius 2 is 1.91 bits per heavy atom. The van der Waals surface area contributed by atoms with E-state index in [2.05, 4.69) is 19.9 Å². The second kappa shape index (κ2) is 9.94. The van der Waals surface area contributed by atoms with E-state index >= 15 is 0 Å². The number of nitrogen functional groups attached to an aromatic ring is 1. The van der Waals surface area contributed by atoms with Gasteiger partial charge in [-0.25, -0.2) is 32.5 Å². The Kier molecular flexibility index (Phi) is 6.98. The number of anilines is 2. The molecular formula is C22H29N7O4S. The Balaban J connectivity index is 1.49. The van der Waals surface area contributed by atoms with Crippen LogP contribution in [0.1, 0.15) is 36.0 Å². The highest BCUT2D eigenvalue weighted by molar-refractivity contribution is 7.89. The first-order valence-corrected chi connectivity index (χ1v) is 12.6. The molecule has 1 fully saturated rings. The van der Waals surface area contributed by atoms with Gasteiger partial charge in [0, 0.05) is 33.7 Å². The standard InChI is InChI=1S/C22H29N7O4S/c1-27(2)34(31,32)16-7-8-18(28-9-4-3-5-10-28)17(13-16)22(30)33-12-6-11-29-15-26-19-20(23)24-14-25-21(19)29/h7-8,13-15H,3-6,9-12H2,1-2H3,(H2,23,24,25). The summed E-state index contributed by atoms with van der Waals surface area (Å²) < 4.78 is 33.8. The fourth-order valence-electron chi connectivity index (χ4n) is 4.00. The number of sulfonamides is 1. The summed E-state index contributed by atoms with van der Waals surface area (Å²) in [5.74, 6) is -0.230. The number of imidazole rings is 1. The summed E-state index contributed by atoms with van der Waals surface area (Å²) in [6.45, 7) is 2.31. The monoisotopic (exact) mass is 487 g/mol. The second-order valence-electron chi connectivity index (χ2n) is 8.37. The highest BCUT2D eigenvalue weighted by Gasteiger charge is 2.25. The fraction of sp³-hybridized carbons (Fsp3) is 0.455. The normalized spacial score (nSPS) is 14.6. The molecule has 1 aromatic carbocycles. The van der Waals surface area contributed by atoms with Gasteiger partial charge in [-0.2, -0.15) is 0 Å². The Bertz CT molecular complexity index is 1280. The maximum atomic E-state index is 13.1. The van der Waals surface area contributed by atoms with E-state index in [-0.39, 0.29) is 17.1 Å². The van der Waals surface area contributed by atoms with Crippen LogP contribution in [0.5, 0.6) is 0 Å². The van der Waals surface area contributed by atoms with Crippen molar-refractivity contribution >= 4 is 38.7 Å². The summed E-state index contributed by atoms with van der Waals surface area (Å²) in [5.41, 5.74) is 7.94. The van der Waals surface area contributed by atoms with Gasteiger partial charge in [0.2, 0.25) is 10.0 Å². The van der Waals surface area contributed by atoms with Crippen molar-refractivity contribution in [3.05, 3.63) is 36.4 Å². The SMILES string of the molecule is CN(C)S(=O)(=O)c1ccc(N2CCCCC2)c(C(=O)OCCCn2cnc3c(N)ncnc32)c1. The van der Waals surface area contributed by atoms with Crippen LogP contribution in [0.2, 0.25) is 0 Å². The number of ether oxygens (including phenoxy) is 1. The van der Waals surface area contributed by atoms with Gasteiger partial charge in [0.25, 0.3) is 0 Å². The van der Waals surface area contributed by atoms with Crippen molar-refractivity contribution in [1.29, 1.82) is 0 Å². The van der Waals surface area contributed by atoms with Gasteiger partial charge in [0.15, 0.2) is 11.5 Å². The molecule has 0 saturated carbocycles. The van der Waals surface area contributed by atoms with E-state index in [9.17, 15) is 13.2 Å². The smallest absolute Gasteiger partial charge is 0.340 e.